The quantitative estimate of drug-likeness (QED) is 0.585. The molecule has 1 aliphatic heterocycles. The van der Waals surface area contributed by atoms with Crippen LogP contribution in [-0.4, -0.2) is 45.4 Å². The third-order valence-electron chi connectivity index (χ3n) is 6.79. The Morgan fingerprint density at radius 2 is 2.12 bits per heavy atom. The summed E-state index contributed by atoms with van der Waals surface area (Å²) in [6.45, 7) is -0.0729. The second-order valence-electron chi connectivity index (χ2n) is 9.26. The molecule has 2 heterocycles. The zero-order chi connectivity index (χ0) is 23.4. The molecule has 3 saturated carbocycles. The van der Waals surface area contributed by atoms with Gasteiger partial charge in [0.2, 0.25) is 0 Å². The first kappa shape index (κ1) is 22.5. The zero-order valence-corrected chi connectivity index (χ0v) is 18.3. The molecule has 2 atom stereocenters. The summed E-state index contributed by atoms with van der Waals surface area (Å²) in [6.07, 6.45) is 0.0797. The maximum atomic E-state index is 12.8. The van der Waals surface area contributed by atoms with Gasteiger partial charge in [0.05, 0.1) is 18.9 Å². The second-order valence-corrected chi connectivity index (χ2v) is 9.70. The van der Waals surface area contributed by atoms with Crippen LogP contribution in [0.1, 0.15) is 49.3 Å². The number of hydrogen-bond acceptors (Lipinski definition) is 5. The Labute approximate surface area is 192 Å². The maximum absolute atomic E-state index is 12.8. The number of carbonyl (C=O) groups excluding carboxylic acids is 1. The SMILES string of the molecule is O=C(NC12CC(c3cnn(CCCOC(F)(F)F)c3)(C1)C2)[C@H]1C[C@@H](O)c2cc(Cl)ccc2O1. The van der Waals surface area contributed by atoms with Gasteiger partial charge in [0.25, 0.3) is 5.91 Å². The Morgan fingerprint density at radius 1 is 1.36 bits per heavy atom. The van der Waals surface area contributed by atoms with Crippen LogP contribution in [0.2, 0.25) is 5.02 Å². The molecule has 0 unspecified atom stereocenters. The van der Waals surface area contributed by atoms with Gasteiger partial charge in [-0.1, -0.05) is 11.6 Å². The van der Waals surface area contributed by atoms with E-state index < -0.39 is 25.2 Å². The number of ether oxygens (including phenoxy) is 2. The first-order chi connectivity index (χ1) is 15.6. The van der Waals surface area contributed by atoms with Crippen molar-refractivity contribution < 1.29 is 32.5 Å². The van der Waals surface area contributed by atoms with Crippen LogP contribution in [0, 0.1) is 0 Å². The number of aromatic nitrogens is 2. The van der Waals surface area contributed by atoms with Crippen LogP contribution >= 0.6 is 11.6 Å². The van der Waals surface area contributed by atoms with E-state index in [0.717, 1.165) is 24.8 Å². The number of alkyl halides is 3. The van der Waals surface area contributed by atoms with Crippen molar-refractivity contribution >= 4 is 17.5 Å². The lowest BCUT2D eigenvalue weighted by atomic mass is 9.37. The molecule has 1 aromatic carbocycles. The second kappa shape index (κ2) is 7.89. The molecule has 0 radical (unpaired) electrons. The van der Waals surface area contributed by atoms with Gasteiger partial charge < -0.3 is 15.2 Å². The number of aliphatic hydroxyl groups excluding tert-OH is 1. The van der Waals surface area contributed by atoms with Crippen LogP contribution in [0.4, 0.5) is 13.2 Å². The van der Waals surface area contributed by atoms with E-state index in [1.807, 2.05) is 6.20 Å². The molecule has 1 aromatic heterocycles. The summed E-state index contributed by atoms with van der Waals surface area (Å²) in [5.41, 5.74) is 1.28. The van der Waals surface area contributed by atoms with E-state index in [1.165, 1.54) is 0 Å². The van der Waals surface area contributed by atoms with E-state index in [4.69, 9.17) is 16.3 Å². The average molecular weight is 486 g/mol. The minimum atomic E-state index is -4.61. The molecule has 178 valence electrons. The number of aliphatic hydroxyl groups is 1. The monoisotopic (exact) mass is 485 g/mol. The Bertz CT molecular complexity index is 1050. The van der Waals surface area contributed by atoms with Gasteiger partial charge in [-0.15, -0.1) is 13.2 Å². The van der Waals surface area contributed by atoms with Crippen LogP contribution in [0.25, 0.3) is 0 Å². The third-order valence-corrected chi connectivity index (χ3v) is 7.03. The first-order valence-electron chi connectivity index (χ1n) is 10.8. The molecule has 3 aliphatic carbocycles. The fraction of sp³-hybridized carbons (Fsp3) is 0.545. The molecule has 2 bridgehead atoms. The molecule has 2 N–H and O–H groups in total. The van der Waals surface area contributed by atoms with Gasteiger partial charge in [0.15, 0.2) is 6.10 Å². The molecule has 1 amide bonds. The van der Waals surface area contributed by atoms with E-state index in [1.54, 1.807) is 29.1 Å². The molecule has 33 heavy (non-hydrogen) atoms. The maximum Gasteiger partial charge on any atom is 0.522 e. The summed E-state index contributed by atoms with van der Waals surface area (Å²) in [5.74, 6) is 0.212. The van der Waals surface area contributed by atoms with Crippen molar-refractivity contribution in [3.05, 3.63) is 46.7 Å². The summed E-state index contributed by atoms with van der Waals surface area (Å²) in [5, 5.41) is 18.2. The predicted octanol–water partition coefficient (Wildman–Crippen LogP) is 3.64. The number of halogens is 4. The highest BCUT2D eigenvalue weighted by Gasteiger charge is 2.69. The minimum Gasteiger partial charge on any atom is -0.480 e. The number of nitrogens with one attached hydrogen (secondary N) is 1. The highest BCUT2D eigenvalue weighted by molar-refractivity contribution is 6.30. The van der Waals surface area contributed by atoms with Crippen molar-refractivity contribution in [3.63, 3.8) is 0 Å². The van der Waals surface area contributed by atoms with Gasteiger partial charge in [-0.3, -0.25) is 14.2 Å². The van der Waals surface area contributed by atoms with Gasteiger partial charge >= 0.3 is 6.36 Å². The first-order valence-corrected chi connectivity index (χ1v) is 11.1. The summed E-state index contributed by atoms with van der Waals surface area (Å²) >= 11 is 5.97. The topological polar surface area (TPSA) is 85.6 Å². The minimum absolute atomic E-state index is 0.0513. The van der Waals surface area contributed by atoms with Gasteiger partial charge in [-0.2, -0.15) is 5.10 Å². The van der Waals surface area contributed by atoms with Crippen molar-refractivity contribution in [2.24, 2.45) is 0 Å². The summed E-state index contributed by atoms with van der Waals surface area (Å²) in [7, 11) is 0. The van der Waals surface area contributed by atoms with Crippen LogP contribution in [0.3, 0.4) is 0 Å². The molecular formula is C22H23ClF3N3O4. The van der Waals surface area contributed by atoms with Crippen LogP contribution in [0.5, 0.6) is 5.75 Å². The van der Waals surface area contributed by atoms with Crippen LogP contribution in [0.15, 0.2) is 30.6 Å². The fourth-order valence-corrected chi connectivity index (χ4v) is 5.50. The van der Waals surface area contributed by atoms with Gasteiger partial charge in [-0.25, -0.2) is 0 Å². The number of rotatable bonds is 7. The molecule has 7 nitrogen and oxygen atoms in total. The number of aryl methyl sites for hydroxylation is 1. The molecule has 11 heteroatoms. The van der Waals surface area contributed by atoms with Crippen molar-refractivity contribution in [1.82, 2.24) is 15.1 Å². The third kappa shape index (κ3) is 4.31. The van der Waals surface area contributed by atoms with Crippen LogP contribution < -0.4 is 10.1 Å². The largest absolute Gasteiger partial charge is 0.522 e. The lowest BCUT2D eigenvalue weighted by Gasteiger charge is -2.70. The average Bonchev–Trinajstić information content (AvgIpc) is 3.15. The highest BCUT2D eigenvalue weighted by atomic mass is 35.5. The summed E-state index contributed by atoms with van der Waals surface area (Å²) < 4.78 is 47.4. The number of nitrogens with zero attached hydrogens (tertiary/aromatic N) is 2. The lowest BCUT2D eigenvalue weighted by molar-refractivity contribution is -0.324. The molecule has 6 rings (SSSR count). The van der Waals surface area contributed by atoms with Crippen LogP contribution in [-0.2, 0) is 21.5 Å². The van der Waals surface area contributed by atoms with Crippen molar-refractivity contribution in [3.8, 4) is 5.75 Å². The number of amides is 1. The van der Waals surface area contributed by atoms with E-state index in [0.29, 0.717) is 22.9 Å². The Hall–Kier alpha value is -2.30. The normalized spacial score (nSPS) is 30.0. The van der Waals surface area contributed by atoms with Crippen molar-refractivity contribution in [1.29, 1.82) is 0 Å². The van der Waals surface area contributed by atoms with Crippen molar-refractivity contribution in [2.45, 2.75) is 68.2 Å². The zero-order valence-electron chi connectivity index (χ0n) is 17.6. The molecule has 2 aromatic rings. The summed E-state index contributed by atoms with van der Waals surface area (Å²) in [4.78, 5) is 12.8. The predicted molar refractivity (Wildman–Crippen MR) is 111 cm³/mol. The Morgan fingerprint density at radius 3 is 2.85 bits per heavy atom. The fourth-order valence-electron chi connectivity index (χ4n) is 5.32. The smallest absolute Gasteiger partial charge is 0.480 e. The lowest BCUT2D eigenvalue weighted by Crippen LogP contribution is -2.77. The standard InChI is InChI=1S/C22H23ClF3N3O4/c23-14-2-3-17-15(6-14)16(30)7-18(33-17)19(31)28-21-10-20(11-21,12-21)13-8-27-29(9-13)4-1-5-32-22(24,25)26/h2-3,6,8-9,16,18,30H,1,4-5,7,10-12H2,(H,28,31)/t16-,18-,20?,21?/m1/s1. The number of fused-ring (bicyclic) bond motifs is 1. The molecular weight excluding hydrogens is 463 g/mol. The molecule has 4 aliphatic rings. The Balaban J connectivity index is 1.12. The van der Waals surface area contributed by atoms with E-state index in [9.17, 15) is 23.1 Å². The van der Waals surface area contributed by atoms with E-state index in [-0.39, 0.29) is 29.7 Å². The highest BCUT2D eigenvalue weighted by Crippen LogP contribution is 2.67. The summed E-state index contributed by atoms with van der Waals surface area (Å²) in [6, 6.07) is 4.95. The Kier molecular flexibility index (Phi) is 5.37. The number of hydrogen-bond donors (Lipinski definition) is 2. The van der Waals surface area contributed by atoms with Gasteiger partial charge in [0.1, 0.15) is 5.75 Å². The molecule has 3 fully saturated rings. The molecule has 0 spiro atoms. The number of carbonyl (C=O) groups is 1. The number of benzene rings is 1. The van der Waals surface area contributed by atoms with Crippen molar-refractivity contribution in [2.75, 3.05) is 6.61 Å². The van der Waals surface area contributed by atoms with Gasteiger partial charge in [-0.05, 0) is 49.4 Å². The van der Waals surface area contributed by atoms with E-state index in [2.05, 4.69) is 15.2 Å². The van der Waals surface area contributed by atoms with Gasteiger partial charge in [0, 0.05) is 40.7 Å². The molecule has 0 saturated heterocycles. The van der Waals surface area contributed by atoms with E-state index >= 15 is 0 Å².